The third kappa shape index (κ3) is 3.90. The molecule has 0 bridgehead atoms. The summed E-state index contributed by atoms with van der Waals surface area (Å²) < 4.78 is 33.4. The van der Waals surface area contributed by atoms with E-state index in [0.717, 1.165) is 4.31 Å². The molecule has 1 amide bonds. The number of benzene rings is 3. The van der Waals surface area contributed by atoms with Crippen LogP contribution in [0.4, 0.5) is 11.4 Å². The molecule has 1 aliphatic rings. The molecular formula is C23H19ClN2O5S. The van der Waals surface area contributed by atoms with Crippen molar-refractivity contribution in [2.75, 3.05) is 16.7 Å². The molecule has 0 aromatic heterocycles. The van der Waals surface area contributed by atoms with Gasteiger partial charge in [-0.15, -0.1) is 0 Å². The highest BCUT2D eigenvalue weighted by atomic mass is 35.5. The lowest BCUT2D eigenvalue weighted by Crippen LogP contribution is -2.39. The van der Waals surface area contributed by atoms with Crippen LogP contribution in [0.5, 0.6) is 5.75 Å². The van der Waals surface area contributed by atoms with E-state index in [1.165, 1.54) is 7.11 Å². The van der Waals surface area contributed by atoms with Gasteiger partial charge < -0.3 is 15.2 Å². The van der Waals surface area contributed by atoms with Crippen LogP contribution in [0.2, 0.25) is 5.02 Å². The molecule has 0 unspecified atom stereocenters. The second-order valence-electron chi connectivity index (χ2n) is 6.99. The van der Waals surface area contributed by atoms with Gasteiger partial charge in [-0.05, 0) is 42.0 Å². The Labute approximate surface area is 190 Å². The monoisotopic (exact) mass is 470 g/mol. The van der Waals surface area contributed by atoms with Gasteiger partial charge in [-0.1, -0.05) is 48.0 Å². The van der Waals surface area contributed by atoms with E-state index < -0.39 is 26.6 Å². The number of carbonyl (C=O) groups excluding carboxylic acids is 1. The third-order valence-corrected chi connectivity index (χ3v) is 7.04. The molecule has 3 aromatic rings. The average molecular weight is 471 g/mol. The molecule has 1 aliphatic heterocycles. The lowest BCUT2D eigenvalue weighted by molar-refractivity contribution is -0.112. The van der Waals surface area contributed by atoms with Crippen LogP contribution < -0.4 is 14.4 Å². The van der Waals surface area contributed by atoms with E-state index in [1.54, 1.807) is 72.8 Å². The Bertz CT molecular complexity index is 1320. The predicted octanol–water partition coefficient (Wildman–Crippen LogP) is 4.56. The van der Waals surface area contributed by atoms with Gasteiger partial charge >= 0.3 is 0 Å². The second kappa shape index (κ2) is 8.57. The molecule has 0 spiro atoms. The van der Waals surface area contributed by atoms with Crippen molar-refractivity contribution < 1.29 is 23.1 Å². The van der Waals surface area contributed by atoms with E-state index in [2.05, 4.69) is 5.32 Å². The number of fused-ring (bicyclic) bond motifs is 1. The fourth-order valence-corrected chi connectivity index (χ4v) is 5.18. The third-order valence-electron chi connectivity index (χ3n) is 4.99. The highest BCUT2D eigenvalue weighted by molar-refractivity contribution is 7.97. The summed E-state index contributed by atoms with van der Waals surface area (Å²) in [6.45, 7) is -0.0464. The standard InChI is InChI=1S/C23H19ClN2O5S/c1-31-20-9-5-3-7-18(20)25-23(28)22-21(27)17-6-2-4-8-19(17)26(32(22,29)30)14-15-10-12-16(24)13-11-15/h2-13,27H,14H2,1H3,(H,25,28). The van der Waals surface area contributed by atoms with E-state index in [-0.39, 0.29) is 23.5 Å². The molecular weight excluding hydrogens is 452 g/mol. The van der Waals surface area contributed by atoms with Gasteiger partial charge in [0.15, 0.2) is 10.7 Å². The highest BCUT2D eigenvalue weighted by Crippen LogP contribution is 2.40. The topological polar surface area (TPSA) is 95.9 Å². The van der Waals surface area contributed by atoms with Crippen LogP contribution in [-0.4, -0.2) is 26.5 Å². The summed E-state index contributed by atoms with van der Waals surface area (Å²) in [5, 5.41) is 13.9. The number of amides is 1. The SMILES string of the molecule is COc1ccccc1NC(=O)C1=C(O)c2ccccc2N(Cc2ccc(Cl)cc2)S1(=O)=O. The number of nitrogens with zero attached hydrogens (tertiary/aromatic N) is 1. The van der Waals surface area contributed by atoms with Gasteiger partial charge in [0.2, 0.25) is 0 Å². The van der Waals surface area contributed by atoms with Gasteiger partial charge in [0.1, 0.15) is 5.75 Å². The maximum Gasteiger partial charge on any atom is 0.273 e. The molecule has 3 aromatic carbocycles. The maximum absolute atomic E-state index is 13.5. The Hall–Kier alpha value is -3.49. The summed E-state index contributed by atoms with van der Waals surface area (Å²) in [5.41, 5.74) is 1.45. The predicted molar refractivity (Wildman–Crippen MR) is 124 cm³/mol. The number of hydrogen-bond acceptors (Lipinski definition) is 5. The van der Waals surface area contributed by atoms with E-state index in [4.69, 9.17) is 16.3 Å². The minimum atomic E-state index is -4.40. The molecule has 32 heavy (non-hydrogen) atoms. The Morgan fingerprint density at radius 2 is 1.69 bits per heavy atom. The van der Waals surface area contributed by atoms with Crippen molar-refractivity contribution in [1.82, 2.24) is 0 Å². The van der Waals surface area contributed by atoms with Gasteiger partial charge in [-0.25, -0.2) is 8.42 Å². The summed E-state index contributed by atoms with van der Waals surface area (Å²) in [4.78, 5) is 12.4. The minimum absolute atomic E-state index is 0.0464. The van der Waals surface area contributed by atoms with Crippen LogP contribution in [-0.2, 0) is 21.4 Å². The number of sulfonamides is 1. The van der Waals surface area contributed by atoms with Crippen LogP contribution >= 0.6 is 11.6 Å². The normalized spacial score (nSPS) is 14.6. The molecule has 0 fully saturated rings. The average Bonchev–Trinajstić information content (AvgIpc) is 2.78. The largest absolute Gasteiger partial charge is 0.506 e. The number of aliphatic hydroxyl groups is 1. The maximum atomic E-state index is 13.5. The van der Waals surface area contributed by atoms with Crippen LogP contribution in [0.15, 0.2) is 77.7 Å². The molecule has 1 heterocycles. The minimum Gasteiger partial charge on any atom is -0.506 e. The van der Waals surface area contributed by atoms with Crippen molar-refractivity contribution in [3.05, 3.63) is 93.9 Å². The quantitative estimate of drug-likeness (QED) is 0.569. The molecule has 0 saturated heterocycles. The summed E-state index contributed by atoms with van der Waals surface area (Å²) in [6.07, 6.45) is 0. The highest BCUT2D eigenvalue weighted by Gasteiger charge is 2.41. The number of methoxy groups -OCH3 is 1. The molecule has 7 nitrogen and oxygen atoms in total. The van der Waals surface area contributed by atoms with Gasteiger partial charge in [-0.3, -0.25) is 9.10 Å². The fraction of sp³-hybridized carbons (Fsp3) is 0.0870. The number of carbonyl (C=O) groups is 1. The smallest absolute Gasteiger partial charge is 0.273 e. The van der Waals surface area contributed by atoms with Crippen molar-refractivity contribution >= 4 is 44.7 Å². The van der Waals surface area contributed by atoms with Crippen LogP contribution in [0.3, 0.4) is 0 Å². The number of anilines is 2. The number of halogens is 1. The molecule has 164 valence electrons. The van der Waals surface area contributed by atoms with Crippen molar-refractivity contribution in [2.24, 2.45) is 0 Å². The van der Waals surface area contributed by atoms with Crippen molar-refractivity contribution in [1.29, 1.82) is 0 Å². The first-order valence-electron chi connectivity index (χ1n) is 9.57. The first kappa shape index (κ1) is 21.7. The Morgan fingerprint density at radius 3 is 2.41 bits per heavy atom. The summed E-state index contributed by atoms with van der Waals surface area (Å²) in [5.74, 6) is -1.23. The Balaban J connectivity index is 1.79. The Morgan fingerprint density at radius 1 is 1.03 bits per heavy atom. The van der Waals surface area contributed by atoms with Crippen molar-refractivity contribution in [3.8, 4) is 5.75 Å². The molecule has 9 heteroatoms. The van der Waals surface area contributed by atoms with Crippen LogP contribution in [0.25, 0.3) is 5.76 Å². The molecule has 2 N–H and O–H groups in total. The first-order chi connectivity index (χ1) is 15.3. The number of aliphatic hydroxyl groups excluding tert-OH is 1. The van der Waals surface area contributed by atoms with Crippen molar-refractivity contribution in [2.45, 2.75) is 6.54 Å². The summed E-state index contributed by atoms with van der Waals surface area (Å²) in [6, 6.07) is 19.8. The van der Waals surface area contributed by atoms with Gasteiger partial charge in [0.05, 0.1) is 25.0 Å². The zero-order valence-electron chi connectivity index (χ0n) is 16.9. The van der Waals surface area contributed by atoms with Gasteiger partial charge in [0.25, 0.3) is 15.9 Å². The van der Waals surface area contributed by atoms with Gasteiger partial charge in [-0.2, -0.15) is 0 Å². The fourth-order valence-electron chi connectivity index (χ4n) is 3.45. The molecule has 0 radical (unpaired) electrons. The number of hydrogen-bond donors (Lipinski definition) is 2. The number of rotatable bonds is 5. The molecule has 0 atom stereocenters. The van der Waals surface area contributed by atoms with Crippen molar-refractivity contribution in [3.63, 3.8) is 0 Å². The molecule has 0 saturated carbocycles. The van der Waals surface area contributed by atoms with E-state index >= 15 is 0 Å². The number of nitrogens with one attached hydrogen (secondary N) is 1. The number of ether oxygens (including phenoxy) is 1. The summed E-state index contributed by atoms with van der Waals surface area (Å²) >= 11 is 5.94. The summed E-state index contributed by atoms with van der Waals surface area (Å²) in [7, 11) is -2.96. The van der Waals surface area contributed by atoms with Gasteiger partial charge in [0, 0.05) is 10.6 Å². The molecule has 4 rings (SSSR count). The number of para-hydroxylation sites is 3. The van der Waals surface area contributed by atoms with E-state index in [9.17, 15) is 18.3 Å². The lowest BCUT2D eigenvalue weighted by atomic mass is 10.1. The van der Waals surface area contributed by atoms with E-state index in [1.807, 2.05) is 0 Å². The lowest BCUT2D eigenvalue weighted by Gasteiger charge is -2.31. The zero-order valence-corrected chi connectivity index (χ0v) is 18.5. The van der Waals surface area contributed by atoms with E-state index in [0.29, 0.717) is 16.3 Å². The Kier molecular flexibility index (Phi) is 5.82. The van der Waals surface area contributed by atoms with Crippen LogP contribution in [0.1, 0.15) is 11.1 Å². The molecule has 0 aliphatic carbocycles. The zero-order chi connectivity index (χ0) is 22.9. The van der Waals surface area contributed by atoms with Crippen LogP contribution in [0, 0.1) is 0 Å². The first-order valence-corrected chi connectivity index (χ1v) is 11.4. The second-order valence-corrected chi connectivity index (χ2v) is 9.22.